The lowest BCUT2D eigenvalue weighted by atomic mass is 9.77. The van der Waals surface area contributed by atoms with Crippen LogP contribution in [0.1, 0.15) is 31.7 Å². The zero-order valence-corrected chi connectivity index (χ0v) is 10.2. The van der Waals surface area contributed by atoms with Crippen LogP contribution in [0.2, 0.25) is 0 Å². The molecule has 0 radical (unpaired) electrons. The Morgan fingerprint density at radius 3 is 3.06 bits per heavy atom. The quantitative estimate of drug-likeness (QED) is 0.873. The Balaban J connectivity index is 2.03. The van der Waals surface area contributed by atoms with Gasteiger partial charge in [-0.3, -0.25) is 9.69 Å². The highest BCUT2D eigenvalue weighted by Crippen LogP contribution is 2.34. The fourth-order valence-electron chi connectivity index (χ4n) is 2.62. The van der Waals surface area contributed by atoms with Crippen molar-refractivity contribution in [2.24, 2.45) is 5.41 Å². The summed E-state index contributed by atoms with van der Waals surface area (Å²) < 4.78 is 5.04. The molecule has 4 nitrogen and oxygen atoms in total. The molecule has 0 spiro atoms. The van der Waals surface area contributed by atoms with Crippen LogP contribution in [0.15, 0.2) is 23.0 Å². The van der Waals surface area contributed by atoms with Crippen LogP contribution in [0.3, 0.4) is 0 Å². The molecule has 1 aliphatic heterocycles. The zero-order valence-electron chi connectivity index (χ0n) is 10.2. The summed E-state index contributed by atoms with van der Waals surface area (Å²) in [6.07, 6.45) is 5.83. The van der Waals surface area contributed by atoms with Crippen molar-refractivity contribution < 1.29 is 14.3 Å². The first-order chi connectivity index (χ1) is 8.16. The van der Waals surface area contributed by atoms with E-state index >= 15 is 0 Å². The summed E-state index contributed by atoms with van der Waals surface area (Å²) in [5, 5.41) is 9.39. The predicted molar refractivity (Wildman–Crippen MR) is 63.6 cm³/mol. The number of carboxylic acid groups (broad SMARTS) is 1. The molecule has 1 aliphatic rings. The lowest BCUT2D eigenvalue weighted by Gasteiger charge is -2.39. The van der Waals surface area contributed by atoms with Gasteiger partial charge in [-0.15, -0.1) is 0 Å². The van der Waals surface area contributed by atoms with Crippen LogP contribution >= 0.6 is 0 Å². The van der Waals surface area contributed by atoms with Crippen molar-refractivity contribution >= 4 is 5.97 Å². The molecule has 2 heterocycles. The number of piperidine rings is 1. The minimum absolute atomic E-state index is 0.554. The van der Waals surface area contributed by atoms with Crippen molar-refractivity contribution in [3.05, 3.63) is 24.2 Å². The fourth-order valence-corrected chi connectivity index (χ4v) is 2.62. The first-order valence-electron chi connectivity index (χ1n) is 6.13. The number of likely N-dealkylation sites (tertiary alicyclic amines) is 1. The molecule has 94 valence electrons. The average molecular weight is 237 g/mol. The van der Waals surface area contributed by atoms with E-state index in [1.165, 1.54) is 0 Å². The first-order valence-corrected chi connectivity index (χ1v) is 6.13. The van der Waals surface area contributed by atoms with E-state index < -0.39 is 11.4 Å². The van der Waals surface area contributed by atoms with Crippen molar-refractivity contribution in [3.8, 4) is 0 Å². The van der Waals surface area contributed by atoms with Crippen LogP contribution in [0, 0.1) is 5.41 Å². The normalized spacial score (nSPS) is 25.9. The Morgan fingerprint density at radius 2 is 2.47 bits per heavy atom. The SMILES string of the molecule is CCC1(C(=O)O)CCCN(Cc2ccoc2)C1. The minimum atomic E-state index is -0.656. The number of hydrogen-bond donors (Lipinski definition) is 1. The van der Waals surface area contributed by atoms with Crippen molar-refractivity contribution in [2.45, 2.75) is 32.7 Å². The van der Waals surface area contributed by atoms with E-state index in [-0.39, 0.29) is 0 Å². The van der Waals surface area contributed by atoms with Gasteiger partial charge in [0, 0.05) is 18.7 Å². The summed E-state index contributed by atoms with van der Waals surface area (Å²) in [5.41, 5.74) is 0.560. The maximum Gasteiger partial charge on any atom is 0.310 e. The first kappa shape index (κ1) is 12.2. The second-order valence-corrected chi connectivity index (χ2v) is 4.88. The highest BCUT2D eigenvalue weighted by molar-refractivity contribution is 5.75. The molecule has 1 atom stereocenters. The smallest absolute Gasteiger partial charge is 0.310 e. The second kappa shape index (κ2) is 4.92. The highest BCUT2D eigenvalue weighted by Gasteiger charge is 2.40. The van der Waals surface area contributed by atoms with Crippen molar-refractivity contribution in [2.75, 3.05) is 13.1 Å². The van der Waals surface area contributed by atoms with E-state index in [4.69, 9.17) is 4.42 Å². The van der Waals surface area contributed by atoms with Crippen LogP contribution in [-0.4, -0.2) is 29.1 Å². The molecule has 1 aromatic heterocycles. The van der Waals surface area contributed by atoms with E-state index in [1.807, 2.05) is 13.0 Å². The second-order valence-electron chi connectivity index (χ2n) is 4.88. The molecule has 0 amide bonds. The minimum Gasteiger partial charge on any atom is -0.481 e. The van der Waals surface area contributed by atoms with Crippen LogP contribution in [-0.2, 0) is 11.3 Å². The number of aliphatic carboxylic acids is 1. The predicted octanol–water partition coefficient (Wildman–Crippen LogP) is 2.36. The molecule has 4 heteroatoms. The van der Waals surface area contributed by atoms with Gasteiger partial charge in [-0.2, -0.15) is 0 Å². The van der Waals surface area contributed by atoms with Crippen LogP contribution in [0.4, 0.5) is 0 Å². The summed E-state index contributed by atoms with van der Waals surface area (Å²) in [7, 11) is 0. The summed E-state index contributed by atoms with van der Waals surface area (Å²) in [5.74, 6) is -0.656. The van der Waals surface area contributed by atoms with Gasteiger partial charge in [-0.05, 0) is 31.9 Å². The molecule has 1 fully saturated rings. The molecule has 1 unspecified atom stereocenters. The Hall–Kier alpha value is -1.29. The number of nitrogens with zero attached hydrogens (tertiary/aromatic N) is 1. The Bertz CT molecular complexity index is 374. The third kappa shape index (κ3) is 2.52. The molecule has 0 bridgehead atoms. The van der Waals surface area contributed by atoms with Gasteiger partial charge in [0.1, 0.15) is 0 Å². The van der Waals surface area contributed by atoms with Crippen molar-refractivity contribution in [3.63, 3.8) is 0 Å². The topological polar surface area (TPSA) is 53.7 Å². The molecule has 0 saturated carbocycles. The Morgan fingerprint density at radius 1 is 1.65 bits per heavy atom. The monoisotopic (exact) mass is 237 g/mol. The van der Waals surface area contributed by atoms with E-state index in [2.05, 4.69) is 4.90 Å². The Kier molecular flexibility index (Phi) is 3.52. The van der Waals surface area contributed by atoms with E-state index in [1.54, 1.807) is 12.5 Å². The molecule has 1 N–H and O–H groups in total. The van der Waals surface area contributed by atoms with Gasteiger partial charge in [0.05, 0.1) is 17.9 Å². The number of carboxylic acids is 1. The average Bonchev–Trinajstić information content (AvgIpc) is 2.82. The maximum atomic E-state index is 11.4. The molecular weight excluding hydrogens is 218 g/mol. The molecule has 17 heavy (non-hydrogen) atoms. The van der Waals surface area contributed by atoms with Crippen LogP contribution < -0.4 is 0 Å². The molecule has 1 saturated heterocycles. The standard InChI is InChI=1S/C13H19NO3/c1-2-13(12(15)16)5-3-6-14(10-13)8-11-4-7-17-9-11/h4,7,9H,2-3,5-6,8,10H2,1H3,(H,15,16). The number of furan rings is 1. The maximum absolute atomic E-state index is 11.4. The molecule has 2 rings (SSSR count). The van der Waals surface area contributed by atoms with Crippen LogP contribution in [0.5, 0.6) is 0 Å². The van der Waals surface area contributed by atoms with Crippen LogP contribution in [0.25, 0.3) is 0 Å². The lowest BCUT2D eigenvalue weighted by Crippen LogP contribution is -2.47. The Labute approximate surface area is 101 Å². The fraction of sp³-hybridized carbons (Fsp3) is 0.615. The summed E-state index contributed by atoms with van der Waals surface area (Å²) in [4.78, 5) is 13.6. The molecular formula is C13H19NO3. The van der Waals surface area contributed by atoms with Gasteiger partial charge in [-0.1, -0.05) is 6.92 Å². The van der Waals surface area contributed by atoms with Gasteiger partial charge < -0.3 is 9.52 Å². The third-order valence-corrected chi connectivity index (χ3v) is 3.77. The number of rotatable bonds is 4. The van der Waals surface area contributed by atoms with Gasteiger partial charge in [0.15, 0.2) is 0 Å². The largest absolute Gasteiger partial charge is 0.481 e. The van der Waals surface area contributed by atoms with Gasteiger partial charge >= 0.3 is 5.97 Å². The molecule has 1 aromatic rings. The van der Waals surface area contributed by atoms with Crippen molar-refractivity contribution in [1.29, 1.82) is 0 Å². The van der Waals surface area contributed by atoms with E-state index in [0.29, 0.717) is 13.0 Å². The summed E-state index contributed by atoms with van der Waals surface area (Å²) >= 11 is 0. The van der Waals surface area contributed by atoms with Gasteiger partial charge in [-0.25, -0.2) is 0 Å². The summed E-state index contributed by atoms with van der Waals surface area (Å²) in [6.45, 7) is 4.37. The highest BCUT2D eigenvalue weighted by atomic mass is 16.4. The van der Waals surface area contributed by atoms with Gasteiger partial charge in [0.25, 0.3) is 0 Å². The summed E-state index contributed by atoms with van der Waals surface area (Å²) in [6, 6.07) is 1.93. The van der Waals surface area contributed by atoms with Gasteiger partial charge in [0.2, 0.25) is 0 Å². The zero-order chi connectivity index (χ0) is 12.3. The number of carbonyl (C=O) groups is 1. The molecule has 0 aliphatic carbocycles. The third-order valence-electron chi connectivity index (χ3n) is 3.77. The van der Waals surface area contributed by atoms with Crippen molar-refractivity contribution in [1.82, 2.24) is 4.90 Å². The molecule has 0 aromatic carbocycles. The lowest BCUT2D eigenvalue weighted by molar-refractivity contribution is -0.153. The number of hydrogen-bond acceptors (Lipinski definition) is 3. The van der Waals surface area contributed by atoms with E-state index in [0.717, 1.165) is 31.5 Å². The van der Waals surface area contributed by atoms with E-state index in [9.17, 15) is 9.90 Å².